The van der Waals surface area contributed by atoms with Crippen LogP contribution in [0.5, 0.6) is 0 Å². The van der Waals surface area contributed by atoms with Crippen LogP contribution in [0.4, 0.5) is 0 Å². The summed E-state index contributed by atoms with van der Waals surface area (Å²) in [6.07, 6.45) is 1.98. The summed E-state index contributed by atoms with van der Waals surface area (Å²) in [6, 6.07) is 21.1. The maximum atomic E-state index is 12.3. The molecular formula is C29H34O6. The summed E-state index contributed by atoms with van der Waals surface area (Å²) in [7, 11) is 1.37. The second-order valence-corrected chi connectivity index (χ2v) is 8.95. The zero-order valence-electron chi connectivity index (χ0n) is 20.4. The van der Waals surface area contributed by atoms with Crippen LogP contribution in [0.1, 0.15) is 60.0 Å². The summed E-state index contributed by atoms with van der Waals surface area (Å²) in [5, 5.41) is 22.1. The van der Waals surface area contributed by atoms with Gasteiger partial charge in [-0.15, -0.1) is 0 Å². The second-order valence-electron chi connectivity index (χ2n) is 8.95. The fourth-order valence-corrected chi connectivity index (χ4v) is 4.18. The zero-order valence-corrected chi connectivity index (χ0v) is 20.4. The number of carbonyl (C=O) groups is 2. The van der Waals surface area contributed by atoms with Crippen LogP contribution in [-0.2, 0) is 20.9 Å². The van der Waals surface area contributed by atoms with E-state index in [4.69, 9.17) is 9.47 Å². The molecule has 0 spiro atoms. The van der Waals surface area contributed by atoms with Crippen molar-refractivity contribution in [2.24, 2.45) is 5.92 Å². The van der Waals surface area contributed by atoms with E-state index >= 15 is 0 Å². The number of carbonyl (C=O) groups excluding carboxylic acids is 2. The molecule has 0 aliphatic heterocycles. The van der Waals surface area contributed by atoms with Gasteiger partial charge in [0.2, 0.25) is 0 Å². The molecule has 3 aromatic carbocycles. The molecule has 3 atom stereocenters. The van der Waals surface area contributed by atoms with Crippen LogP contribution in [0, 0.1) is 5.92 Å². The summed E-state index contributed by atoms with van der Waals surface area (Å²) in [4.78, 5) is 24.2. The highest BCUT2D eigenvalue weighted by Gasteiger charge is 2.27. The first-order chi connectivity index (χ1) is 16.9. The molecule has 0 saturated heterocycles. The number of rotatable bonds is 12. The maximum Gasteiger partial charge on any atom is 0.337 e. The van der Waals surface area contributed by atoms with Crippen molar-refractivity contribution in [2.75, 3.05) is 13.7 Å². The van der Waals surface area contributed by atoms with E-state index in [0.717, 1.165) is 35.6 Å². The van der Waals surface area contributed by atoms with Crippen molar-refractivity contribution in [3.05, 3.63) is 83.4 Å². The molecule has 0 heterocycles. The summed E-state index contributed by atoms with van der Waals surface area (Å²) in [5.41, 5.74) is 2.56. The molecule has 0 aromatic heterocycles. The van der Waals surface area contributed by atoms with E-state index in [9.17, 15) is 19.8 Å². The number of ether oxygens (including phenoxy) is 2. The van der Waals surface area contributed by atoms with Crippen molar-refractivity contribution in [3.8, 4) is 0 Å². The molecule has 0 amide bonds. The summed E-state index contributed by atoms with van der Waals surface area (Å²) >= 11 is 0. The van der Waals surface area contributed by atoms with Crippen LogP contribution in [0.25, 0.3) is 10.8 Å². The number of benzene rings is 3. The Balaban J connectivity index is 1.47. The molecule has 0 bridgehead atoms. The third-order valence-electron chi connectivity index (χ3n) is 6.43. The van der Waals surface area contributed by atoms with Crippen molar-refractivity contribution >= 4 is 22.7 Å². The number of methoxy groups -OCH3 is 1. The molecule has 0 aliphatic carbocycles. The number of unbranched alkanes of at least 4 members (excludes halogenated alkanes) is 1. The number of fused-ring (bicyclic) bond motifs is 1. The van der Waals surface area contributed by atoms with Gasteiger partial charge in [-0.1, -0.05) is 74.4 Å². The van der Waals surface area contributed by atoms with Crippen molar-refractivity contribution in [3.63, 3.8) is 0 Å². The predicted molar refractivity (Wildman–Crippen MR) is 135 cm³/mol. The lowest BCUT2D eigenvalue weighted by molar-refractivity contribution is -0.156. The normalized spacial score (nSPS) is 13.7. The Morgan fingerprint density at radius 1 is 0.914 bits per heavy atom. The Kier molecular flexibility index (Phi) is 9.82. The summed E-state index contributed by atoms with van der Waals surface area (Å²) in [6.45, 7) is 1.82. The van der Waals surface area contributed by atoms with Crippen molar-refractivity contribution < 1.29 is 29.3 Å². The van der Waals surface area contributed by atoms with E-state index in [-0.39, 0.29) is 12.6 Å². The summed E-state index contributed by atoms with van der Waals surface area (Å²) < 4.78 is 10.1. The van der Waals surface area contributed by atoms with Crippen LogP contribution < -0.4 is 0 Å². The van der Waals surface area contributed by atoms with Crippen LogP contribution in [-0.4, -0.2) is 42.0 Å². The van der Waals surface area contributed by atoms with Gasteiger partial charge in [0.25, 0.3) is 0 Å². The Morgan fingerprint density at radius 2 is 1.63 bits per heavy atom. The predicted octanol–water partition coefficient (Wildman–Crippen LogP) is 5.00. The van der Waals surface area contributed by atoms with Gasteiger partial charge in [0.15, 0.2) is 0 Å². The average molecular weight is 479 g/mol. The van der Waals surface area contributed by atoms with Gasteiger partial charge in [-0.25, -0.2) is 4.79 Å². The summed E-state index contributed by atoms with van der Waals surface area (Å²) in [5.74, 6) is -1.59. The SMILES string of the molecule is COC(=O)c1ccc2ccc(C(C)CCCCC(O)C(CO)C(=O)OCc3ccccc3)cc2c1. The van der Waals surface area contributed by atoms with E-state index in [1.807, 2.05) is 42.5 Å². The van der Waals surface area contributed by atoms with Crippen LogP contribution >= 0.6 is 0 Å². The first kappa shape index (κ1) is 26.4. The highest BCUT2D eigenvalue weighted by molar-refractivity contribution is 5.95. The number of aliphatic hydroxyl groups is 2. The van der Waals surface area contributed by atoms with Gasteiger partial charge in [-0.2, -0.15) is 0 Å². The number of esters is 2. The van der Waals surface area contributed by atoms with Crippen molar-refractivity contribution in [2.45, 2.75) is 51.2 Å². The molecule has 0 fully saturated rings. The molecule has 0 aliphatic rings. The molecule has 3 unspecified atom stereocenters. The Morgan fingerprint density at radius 3 is 2.34 bits per heavy atom. The number of aliphatic hydroxyl groups excluding tert-OH is 2. The van der Waals surface area contributed by atoms with E-state index < -0.39 is 24.6 Å². The standard InChI is InChI=1S/C29H34O6/c1-20(23-14-12-22-13-15-24(28(32)34-2)17-25(22)16-23)8-6-7-11-27(31)26(18-30)29(33)35-19-21-9-4-3-5-10-21/h3-5,9-10,12-17,20,26-27,30-31H,6-8,11,18-19H2,1-2H3. The lowest BCUT2D eigenvalue weighted by Crippen LogP contribution is -2.32. The molecule has 186 valence electrons. The topological polar surface area (TPSA) is 93.1 Å². The van der Waals surface area contributed by atoms with E-state index in [0.29, 0.717) is 17.9 Å². The highest BCUT2D eigenvalue weighted by atomic mass is 16.5. The highest BCUT2D eigenvalue weighted by Crippen LogP contribution is 2.27. The van der Waals surface area contributed by atoms with E-state index in [2.05, 4.69) is 25.1 Å². The molecule has 0 radical (unpaired) electrons. The van der Waals surface area contributed by atoms with Gasteiger partial charge in [0, 0.05) is 0 Å². The van der Waals surface area contributed by atoms with Crippen LogP contribution in [0.2, 0.25) is 0 Å². The van der Waals surface area contributed by atoms with Gasteiger partial charge in [-0.05, 0) is 52.8 Å². The quantitative estimate of drug-likeness (QED) is 0.281. The van der Waals surface area contributed by atoms with Crippen molar-refractivity contribution in [1.82, 2.24) is 0 Å². The van der Waals surface area contributed by atoms with Crippen molar-refractivity contribution in [1.29, 1.82) is 0 Å². The number of hydrogen-bond donors (Lipinski definition) is 2. The van der Waals surface area contributed by atoms with E-state index in [1.54, 1.807) is 6.07 Å². The Labute approximate surface area is 206 Å². The largest absolute Gasteiger partial charge is 0.465 e. The lowest BCUT2D eigenvalue weighted by Gasteiger charge is -2.20. The molecular weight excluding hydrogens is 444 g/mol. The Hall–Kier alpha value is -3.22. The average Bonchev–Trinajstić information content (AvgIpc) is 2.89. The third-order valence-corrected chi connectivity index (χ3v) is 6.43. The van der Waals surface area contributed by atoms with Gasteiger partial charge < -0.3 is 19.7 Å². The fraction of sp³-hybridized carbons (Fsp3) is 0.379. The maximum absolute atomic E-state index is 12.3. The molecule has 2 N–H and O–H groups in total. The van der Waals surface area contributed by atoms with Gasteiger partial charge in [0.1, 0.15) is 12.5 Å². The van der Waals surface area contributed by atoms with Gasteiger partial charge >= 0.3 is 11.9 Å². The van der Waals surface area contributed by atoms with E-state index in [1.165, 1.54) is 12.7 Å². The van der Waals surface area contributed by atoms with Gasteiger partial charge in [-0.3, -0.25) is 4.79 Å². The first-order valence-electron chi connectivity index (χ1n) is 12.0. The Bertz CT molecular complexity index is 1110. The molecule has 6 nitrogen and oxygen atoms in total. The van der Waals surface area contributed by atoms with Crippen LogP contribution in [0.3, 0.4) is 0 Å². The molecule has 6 heteroatoms. The number of hydrogen-bond acceptors (Lipinski definition) is 6. The minimum Gasteiger partial charge on any atom is -0.465 e. The molecule has 3 rings (SSSR count). The zero-order chi connectivity index (χ0) is 25.2. The minimum absolute atomic E-state index is 0.118. The van der Waals surface area contributed by atoms with Gasteiger partial charge in [0.05, 0.1) is 25.4 Å². The minimum atomic E-state index is -0.948. The molecule has 35 heavy (non-hydrogen) atoms. The smallest absolute Gasteiger partial charge is 0.337 e. The third kappa shape index (κ3) is 7.38. The van der Waals surface area contributed by atoms with Crippen LogP contribution in [0.15, 0.2) is 66.7 Å². The molecule has 3 aromatic rings. The second kappa shape index (κ2) is 13.0. The monoisotopic (exact) mass is 478 g/mol. The fourth-order valence-electron chi connectivity index (χ4n) is 4.18. The lowest BCUT2D eigenvalue weighted by atomic mass is 9.91. The first-order valence-corrected chi connectivity index (χ1v) is 12.0. The molecule has 0 saturated carbocycles.